The molecule has 1 aliphatic heterocycles. The van der Waals surface area contributed by atoms with Crippen LogP contribution in [0.5, 0.6) is 17.2 Å². The summed E-state index contributed by atoms with van der Waals surface area (Å²) < 4.78 is 22.1. The summed E-state index contributed by atoms with van der Waals surface area (Å²) >= 11 is 0. The second-order valence-corrected chi connectivity index (χ2v) is 9.18. The summed E-state index contributed by atoms with van der Waals surface area (Å²) in [6, 6.07) is 14.5. The van der Waals surface area contributed by atoms with E-state index in [1.165, 1.54) is 18.3 Å². The lowest BCUT2D eigenvalue weighted by atomic mass is 9.95. The van der Waals surface area contributed by atoms with E-state index in [1.54, 1.807) is 61.7 Å². The van der Waals surface area contributed by atoms with Crippen molar-refractivity contribution in [3.63, 3.8) is 0 Å². The Balaban J connectivity index is 1.79. The maximum absolute atomic E-state index is 13.3. The van der Waals surface area contributed by atoms with Crippen LogP contribution >= 0.6 is 0 Å². The van der Waals surface area contributed by atoms with Gasteiger partial charge in [0.05, 0.1) is 45.2 Å². The summed E-state index contributed by atoms with van der Waals surface area (Å²) in [5, 5.41) is 11.3. The van der Waals surface area contributed by atoms with Crippen LogP contribution in [0.1, 0.15) is 43.2 Å². The van der Waals surface area contributed by atoms with Gasteiger partial charge in [0, 0.05) is 5.56 Å². The standard InChI is InChI=1S/C29H31NO7/c1-18(2)13-15-37-23-12-9-20(16-24(23)35-4)26-25(27(31)19-7-10-21(34-3)11-8-19)28(32)29(33)30(26)17-22-6-5-14-36-22/h5-12,14,16,18,26,31H,13,15,17H2,1-4H3. The lowest BCUT2D eigenvalue weighted by Crippen LogP contribution is -2.29. The summed E-state index contributed by atoms with van der Waals surface area (Å²) in [5.41, 5.74) is 0.966. The highest BCUT2D eigenvalue weighted by atomic mass is 16.5. The number of benzene rings is 2. The molecule has 37 heavy (non-hydrogen) atoms. The van der Waals surface area contributed by atoms with Gasteiger partial charge in [0.25, 0.3) is 11.7 Å². The van der Waals surface area contributed by atoms with Crippen molar-refractivity contribution in [3.8, 4) is 17.2 Å². The fraction of sp³-hybridized carbons (Fsp3) is 0.310. The minimum Gasteiger partial charge on any atom is -0.507 e. The van der Waals surface area contributed by atoms with Crippen LogP contribution < -0.4 is 14.2 Å². The summed E-state index contributed by atoms with van der Waals surface area (Å²) in [6.07, 6.45) is 2.39. The van der Waals surface area contributed by atoms with Gasteiger partial charge in [-0.05, 0) is 66.4 Å². The number of Topliss-reactive ketones (excluding diaryl/α,β-unsaturated/α-hetero) is 1. The number of ether oxygens (including phenoxy) is 3. The molecular formula is C29H31NO7. The largest absolute Gasteiger partial charge is 0.507 e. The first kappa shape index (κ1) is 25.9. The Morgan fingerprint density at radius 3 is 2.41 bits per heavy atom. The molecule has 8 nitrogen and oxygen atoms in total. The molecule has 8 heteroatoms. The third-order valence-corrected chi connectivity index (χ3v) is 6.27. The third kappa shape index (κ3) is 5.48. The van der Waals surface area contributed by atoms with Gasteiger partial charge in [0.15, 0.2) is 11.5 Å². The van der Waals surface area contributed by atoms with Gasteiger partial charge in [0.2, 0.25) is 0 Å². The van der Waals surface area contributed by atoms with E-state index >= 15 is 0 Å². The van der Waals surface area contributed by atoms with Gasteiger partial charge in [-0.1, -0.05) is 19.9 Å². The molecule has 0 saturated carbocycles. The zero-order valence-corrected chi connectivity index (χ0v) is 21.4. The zero-order valence-electron chi connectivity index (χ0n) is 21.4. The molecule has 3 aromatic rings. The summed E-state index contributed by atoms with van der Waals surface area (Å²) in [7, 11) is 3.07. The predicted octanol–water partition coefficient (Wildman–Crippen LogP) is 5.34. The number of amides is 1. The highest BCUT2D eigenvalue weighted by Gasteiger charge is 2.46. The van der Waals surface area contributed by atoms with Crippen LogP contribution in [0, 0.1) is 5.92 Å². The Kier molecular flexibility index (Phi) is 7.86. The van der Waals surface area contributed by atoms with Gasteiger partial charge in [-0.25, -0.2) is 0 Å². The Hall–Kier alpha value is -4.20. The first-order valence-electron chi connectivity index (χ1n) is 12.1. The van der Waals surface area contributed by atoms with E-state index in [9.17, 15) is 14.7 Å². The van der Waals surface area contributed by atoms with Gasteiger partial charge in [-0.2, -0.15) is 0 Å². The van der Waals surface area contributed by atoms with Crippen LogP contribution in [-0.4, -0.2) is 42.5 Å². The number of carbonyl (C=O) groups is 2. The number of carbonyl (C=O) groups excluding carboxylic acids is 2. The number of methoxy groups -OCH3 is 2. The van der Waals surface area contributed by atoms with Gasteiger partial charge < -0.3 is 28.6 Å². The summed E-state index contributed by atoms with van der Waals surface area (Å²) in [4.78, 5) is 27.9. The first-order chi connectivity index (χ1) is 17.8. The zero-order chi connectivity index (χ0) is 26.5. The van der Waals surface area contributed by atoms with Crippen molar-refractivity contribution in [2.45, 2.75) is 32.9 Å². The molecule has 2 aromatic carbocycles. The molecule has 1 fully saturated rings. The molecule has 2 heterocycles. The van der Waals surface area contributed by atoms with E-state index < -0.39 is 17.7 Å². The number of ketones is 1. The quantitative estimate of drug-likeness (QED) is 0.225. The molecule has 0 spiro atoms. The Bertz CT molecular complexity index is 1280. The maximum atomic E-state index is 13.3. The minimum absolute atomic E-state index is 0.0164. The molecule has 1 amide bonds. The fourth-order valence-electron chi connectivity index (χ4n) is 4.24. The van der Waals surface area contributed by atoms with Gasteiger partial charge >= 0.3 is 0 Å². The molecule has 1 aromatic heterocycles. The normalized spacial score (nSPS) is 16.9. The molecule has 194 valence electrons. The van der Waals surface area contributed by atoms with Gasteiger partial charge in [-0.3, -0.25) is 9.59 Å². The number of furan rings is 1. The van der Waals surface area contributed by atoms with E-state index in [1.807, 2.05) is 0 Å². The molecule has 0 bridgehead atoms. The van der Waals surface area contributed by atoms with E-state index in [4.69, 9.17) is 18.6 Å². The van der Waals surface area contributed by atoms with Gasteiger partial charge in [-0.15, -0.1) is 0 Å². The van der Waals surface area contributed by atoms with Crippen molar-refractivity contribution >= 4 is 17.4 Å². The lowest BCUT2D eigenvalue weighted by Gasteiger charge is -2.25. The molecule has 1 unspecified atom stereocenters. The highest BCUT2D eigenvalue weighted by Crippen LogP contribution is 2.43. The van der Waals surface area contributed by atoms with Crippen molar-refractivity contribution in [3.05, 3.63) is 83.3 Å². The monoisotopic (exact) mass is 505 g/mol. The van der Waals surface area contributed by atoms with Crippen molar-refractivity contribution in [2.75, 3.05) is 20.8 Å². The lowest BCUT2D eigenvalue weighted by molar-refractivity contribution is -0.140. The van der Waals surface area contributed by atoms with Gasteiger partial charge in [0.1, 0.15) is 17.3 Å². The van der Waals surface area contributed by atoms with E-state index in [-0.39, 0.29) is 17.9 Å². The average molecular weight is 506 g/mol. The average Bonchev–Trinajstić information content (AvgIpc) is 3.50. The number of likely N-dealkylation sites (tertiary alicyclic amines) is 1. The van der Waals surface area contributed by atoms with Crippen molar-refractivity contribution in [1.82, 2.24) is 4.90 Å². The molecule has 4 rings (SSSR count). The third-order valence-electron chi connectivity index (χ3n) is 6.27. The number of nitrogens with zero attached hydrogens (tertiary/aromatic N) is 1. The Morgan fingerprint density at radius 1 is 1.03 bits per heavy atom. The molecule has 1 saturated heterocycles. The molecule has 0 aliphatic carbocycles. The first-order valence-corrected chi connectivity index (χ1v) is 12.1. The second kappa shape index (κ2) is 11.2. The highest BCUT2D eigenvalue weighted by molar-refractivity contribution is 6.46. The van der Waals surface area contributed by atoms with E-state index in [0.717, 1.165) is 6.42 Å². The predicted molar refractivity (Wildman–Crippen MR) is 137 cm³/mol. The van der Waals surface area contributed by atoms with E-state index in [0.29, 0.717) is 46.7 Å². The number of aliphatic hydroxyl groups is 1. The van der Waals surface area contributed by atoms with Crippen LogP contribution in [0.15, 0.2) is 70.9 Å². The molecule has 1 aliphatic rings. The van der Waals surface area contributed by atoms with Crippen LogP contribution in [0.25, 0.3) is 5.76 Å². The van der Waals surface area contributed by atoms with Crippen LogP contribution in [0.2, 0.25) is 0 Å². The molecule has 1 atom stereocenters. The van der Waals surface area contributed by atoms with Crippen molar-refractivity contribution in [1.29, 1.82) is 0 Å². The van der Waals surface area contributed by atoms with E-state index in [2.05, 4.69) is 13.8 Å². The van der Waals surface area contributed by atoms with Crippen LogP contribution in [0.3, 0.4) is 0 Å². The fourth-order valence-corrected chi connectivity index (χ4v) is 4.24. The Labute approximate surface area is 216 Å². The minimum atomic E-state index is -0.870. The molecule has 0 radical (unpaired) electrons. The maximum Gasteiger partial charge on any atom is 0.296 e. The topological polar surface area (TPSA) is 98.4 Å². The van der Waals surface area contributed by atoms with Crippen molar-refractivity contribution < 1.29 is 33.3 Å². The number of aliphatic hydroxyl groups excluding tert-OH is 1. The summed E-state index contributed by atoms with van der Waals surface area (Å²) in [6.45, 7) is 4.82. The summed E-state index contributed by atoms with van der Waals surface area (Å²) in [5.74, 6) is 0.850. The second-order valence-electron chi connectivity index (χ2n) is 9.18. The SMILES string of the molecule is COc1ccc(C(O)=C2C(=O)C(=O)N(Cc3ccco3)C2c2ccc(OCCC(C)C)c(OC)c2)cc1. The van der Waals surface area contributed by atoms with Crippen molar-refractivity contribution in [2.24, 2.45) is 5.92 Å². The molecule has 1 N–H and O–H groups in total. The van der Waals surface area contributed by atoms with Crippen LogP contribution in [0.4, 0.5) is 0 Å². The number of hydrogen-bond acceptors (Lipinski definition) is 7. The smallest absolute Gasteiger partial charge is 0.296 e. The Morgan fingerprint density at radius 2 is 1.78 bits per heavy atom. The number of rotatable bonds is 10. The number of hydrogen-bond donors (Lipinski definition) is 1. The van der Waals surface area contributed by atoms with Crippen LogP contribution in [-0.2, 0) is 16.1 Å². The molecular weight excluding hydrogens is 474 g/mol.